The van der Waals surface area contributed by atoms with E-state index in [1.165, 1.54) is 6.07 Å². The predicted molar refractivity (Wildman–Crippen MR) is 56.5 cm³/mol. The van der Waals surface area contributed by atoms with E-state index in [1.807, 2.05) is 0 Å². The summed E-state index contributed by atoms with van der Waals surface area (Å²) in [5, 5.41) is 11.6. The number of alkyl halides is 3. The number of aliphatic hydroxyl groups is 1. The third-order valence-electron chi connectivity index (χ3n) is 2.17. The van der Waals surface area contributed by atoms with Crippen LogP contribution in [0.1, 0.15) is 12.5 Å². The first-order chi connectivity index (χ1) is 8.31. The van der Waals surface area contributed by atoms with E-state index >= 15 is 0 Å². The second-order valence-electron chi connectivity index (χ2n) is 3.76. The lowest BCUT2D eigenvalue weighted by molar-refractivity contribution is -0.275. The Balaban J connectivity index is 2.83. The van der Waals surface area contributed by atoms with E-state index in [0.29, 0.717) is 6.07 Å². The van der Waals surface area contributed by atoms with Gasteiger partial charge in [0.2, 0.25) is 0 Å². The lowest BCUT2D eigenvalue weighted by atomic mass is 10.2. The molecule has 0 saturated heterocycles. The molecule has 0 aliphatic rings. The van der Waals surface area contributed by atoms with Gasteiger partial charge in [-0.1, -0.05) is 6.07 Å². The zero-order valence-electron chi connectivity index (χ0n) is 9.59. The first kappa shape index (κ1) is 14.7. The molecule has 0 saturated carbocycles. The molecule has 1 atom stereocenters. The smallest absolute Gasteiger partial charge is 0.405 e. The Morgan fingerprint density at radius 3 is 2.61 bits per heavy atom. The van der Waals surface area contributed by atoms with Gasteiger partial charge in [0.25, 0.3) is 0 Å². The SMILES string of the molecule is C[C@H](CO)NCc1ccc(F)cc1OC(F)(F)F. The largest absolute Gasteiger partial charge is 0.573 e. The molecule has 1 aromatic rings. The molecule has 0 spiro atoms. The molecule has 0 aliphatic carbocycles. The summed E-state index contributed by atoms with van der Waals surface area (Å²) in [6.07, 6.45) is -4.87. The number of hydrogen-bond donors (Lipinski definition) is 2. The molecule has 0 heterocycles. The number of halogens is 4. The maximum absolute atomic E-state index is 12.9. The third-order valence-corrected chi connectivity index (χ3v) is 2.17. The monoisotopic (exact) mass is 267 g/mol. The van der Waals surface area contributed by atoms with Crippen LogP contribution in [0.5, 0.6) is 5.75 Å². The lowest BCUT2D eigenvalue weighted by Crippen LogP contribution is -2.29. The van der Waals surface area contributed by atoms with Crippen LogP contribution in [0, 0.1) is 5.82 Å². The van der Waals surface area contributed by atoms with Gasteiger partial charge in [-0.25, -0.2) is 4.39 Å². The quantitative estimate of drug-likeness (QED) is 0.804. The van der Waals surface area contributed by atoms with Crippen molar-refractivity contribution in [3.8, 4) is 5.75 Å². The van der Waals surface area contributed by atoms with Gasteiger partial charge in [-0.15, -0.1) is 13.2 Å². The first-order valence-electron chi connectivity index (χ1n) is 5.20. The van der Waals surface area contributed by atoms with Crippen molar-refractivity contribution in [3.05, 3.63) is 29.6 Å². The molecule has 0 bridgehead atoms. The Bertz CT molecular complexity index is 395. The Morgan fingerprint density at radius 1 is 1.39 bits per heavy atom. The number of hydrogen-bond acceptors (Lipinski definition) is 3. The number of aliphatic hydroxyl groups excluding tert-OH is 1. The molecule has 0 unspecified atom stereocenters. The molecule has 2 N–H and O–H groups in total. The Hall–Kier alpha value is -1.34. The molecule has 1 aromatic carbocycles. The molecule has 0 amide bonds. The van der Waals surface area contributed by atoms with Gasteiger partial charge in [0.05, 0.1) is 6.61 Å². The summed E-state index contributed by atoms with van der Waals surface area (Å²) in [6.45, 7) is 1.54. The van der Waals surface area contributed by atoms with Gasteiger partial charge in [-0.05, 0) is 13.0 Å². The van der Waals surface area contributed by atoms with E-state index in [4.69, 9.17) is 5.11 Å². The number of ether oxygens (including phenoxy) is 1. The van der Waals surface area contributed by atoms with E-state index in [2.05, 4.69) is 10.1 Å². The van der Waals surface area contributed by atoms with Crippen molar-refractivity contribution in [1.82, 2.24) is 5.32 Å². The third kappa shape index (κ3) is 4.89. The molecule has 1 rings (SSSR count). The molecule has 7 heteroatoms. The highest BCUT2D eigenvalue weighted by molar-refractivity contribution is 5.34. The summed E-state index contributed by atoms with van der Waals surface area (Å²) in [5.74, 6) is -1.40. The number of rotatable bonds is 5. The highest BCUT2D eigenvalue weighted by Crippen LogP contribution is 2.27. The van der Waals surface area contributed by atoms with Gasteiger partial charge in [-0.2, -0.15) is 0 Å². The van der Waals surface area contributed by atoms with E-state index < -0.39 is 17.9 Å². The van der Waals surface area contributed by atoms with Gasteiger partial charge in [0.15, 0.2) is 0 Å². The Morgan fingerprint density at radius 2 is 2.06 bits per heavy atom. The summed E-state index contributed by atoms with van der Waals surface area (Å²) in [4.78, 5) is 0. The molecular weight excluding hydrogens is 254 g/mol. The molecule has 0 fully saturated rings. The second kappa shape index (κ2) is 6.01. The summed E-state index contributed by atoms with van der Waals surface area (Å²) in [5.41, 5.74) is 0.161. The number of nitrogens with one attached hydrogen (secondary N) is 1. The van der Waals surface area contributed by atoms with Crippen molar-refractivity contribution in [2.75, 3.05) is 6.61 Å². The maximum atomic E-state index is 12.9. The van der Waals surface area contributed by atoms with Crippen LogP contribution in [0.3, 0.4) is 0 Å². The highest BCUT2D eigenvalue weighted by atomic mass is 19.4. The Labute approximate surface area is 101 Å². The van der Waals surface area contributed by atoms with E-state index in [1.54, 1.807) is 6.92 Å². The summed E-state index contributed by atoms with van der Waals surface area (Å²) < 4.78 is 53.0. The second-order valence-corrected chi connectivity index (χ2v) is 3.76. The summed E-state index contributed by atoms with van der Waals surface area (Å²) >= 11 is 0. The fourth-order valence-corrected chi connectivity index (χ4v) is 1.24. The molecule has 18 heavy (non-hydrogen) atoms. The predicted octanol–water partition coefficient (Wildman–Crippen LogP) is 2.19. The highest BCUT2D eigenvalue weighted by Gasteiger charge is 2.32. The van der Waals surface area contributed by atoms with Crippen molar-refractivity contribution in [1.29, 1.82) is 0 Å². The Kier molecular flexibility index (Phi) is 4.92. The zero-order valence-corrected chi connectivity index (χ0v) is 9.59. The summed E-state index contributed by atoms with van der Waals surface area (Å²) in [7, 11) is 0. The zero-order chi connectivity index (χ0) is 13.8. The van der Waals surface area contributed by atoms with Crippen molar-refractivity contribution in [3.63, 3.8) is 0 Å². The van der Waals surface area contributed by atoms with E-state index in [9.17, 15) is 17.6 Å². The first-order valence-corrected chi connectivity index (χ1v) is 5.20. The lowest BCUT2D eigenvalue weighted by Gasteiger charge is -2.15. The average molecular weight is 267 g/mol. The van der Waals surface area contributed by atoms with Crippen LogP contribution in [0.4, 0.5) is 17.6 Å². The van der Waals surface area contributed by atoms with Gasteiger partial charge >= 0.3 is 6.36 Å². The molecule has 3 nitrogen and oxygen atoms in total. The maximum Gasteiger partial charge on any atom is 0.573 e. The summed E-state index contributed by atoms with van der Waals surface area (Å²) in [6, 6.07) is 2.64. The van der Waals surface area contributed by atoms with Crippen LogP contribution in [0.25, 0.3) is 0 Å². The topological polar surface area (TPSA) is 41.5 Å². The van der Waals surface area contributed by atoms with Crippen LogP contribution >= 0.6 is 0 Å². The molecule has 0 aromatic heterocycles. The van der Waals surface area contributed by atoms with Crippen LogP contribution in [-0.4, -0.2) is 24.1 Å². The van der Waals surface area contributed by atoms with Gasteiger partial charge < -0.3 is 15.2 Å². The van der Waals surface area contributed by atoms with Gasteiger partial charge in [-0.3, -0.25) is 0 Å². The fourth-order valence-electron chi connectivity index (χ4n) is 1.24. The normalized spacial score (nSPS) is 13.4. The van der Waals surface area contributed by atoms with Crippen molar-refractivity contribution in [2.24, 2.45) is 0 Å². The molecule has 0 radical (unpaired) electrons. The van der Waals surface area contributed by atoms with E-state index in [-0.39, 0.29) is 24.8 Å². The van der Waals surface area contributed by atoms with Crippen LogP contribution in [0.15, 0.2) is 18.2 Å². The molecule has 102 valence electrons. The van der Waals surface area contributed by atoms with Crippen molar-refractivity contribution in [2.45, 2.75) is 25.9 Å². The minimum absolute atomic E-state index is 0.0351. The fraction of sp³-hybridized carbons (Fsp3) is 0.455. The van der Waals surface area contributed by atoms with Crippen LogP contribution < -0.4 is 10.1 Å². The van der Waals surface area contributed by atoms with Gasteiger partial charge in [0, 0.05) is 24.2 Å². The van der Waals surface area contributed by atoms with Crippen LogP contribution in [0.2, 0.25) is 0 Å². The van der Waals surface area contributed by atoms with Crippen molar-refractivity contribution < 1.29 is 27.4 Å². The van der Waals surface area contributed by atoms with Crippen molar-refractivity contribution >= 4 is 0 Å². The minimum atomic E-state index is -4.87. The van der Waals surface area contributed by atoms with Gasteiger partial charge in [0.1, 0.15) is 11.6 Å². The average Bonchev–Trinajstić information content (AvgIpc) is 2.25. The molecule has 0 aliphatic heterocycles. The van der Waals surface area contributed by atoms with Crippen LogP contribution in [-0.2, 0) is 6.54 Å². The van der Waals surface area contributed by atoms with E-state index in [0.717, 1.165) is 6.07 Å². The number of benzene rings is 1. The molecular formula is C11H13F4NO2. The minimum Gasteiger partial charge on any atom is -0.405 e. The standard InChI is InChI=1S/C11H13F4NO2/c1-7(6-17)16-5-8-2-3-9(12)4-10(8)18-11(13,14)15/h2-4,7,16-17H,5-6H2,1H3/t7-/m1/s1.